The van der Waals surface area contributed by atoms with Crippen molar-refractivity contribution in [1.29, 1.82) is 0 Å². The third-order valence-electron chi connectivity index (χ3n) is 3.87. The van der Waals surface area contributed by atoms with Gasteiger partial charge in [0.15, 0.2) is 11.5 Å². The normalized spacial score (nSPS) is 17.2. The minimum absolute atomic E-state index is 0.0906. The van der Waals surface area contributed by atoms with Crippen LogP contribution in [0.5, 0.6) is 17.2 Å². The van der Waals surface area contributed by atoms with Crippen LogP contribution in [0.4, 0.5) is 0 Å². The second-order valence-electron chi connectivity index (χ2n) is 5.21. The summed E-state index contributed by atoms with van der Waals surface area (Å²) >= 11 is 0. The van der Waals surface area contributed by atoms with E-state index in [1.165, 1.54) is 19.3 Å². The highest BCUT2D eigenvalue weighted by molar-refractivity contribution is 5.95. The van der Waals surface area contributed by atoms with Crippen LogP contribution in [-0.2, 0) is 0 Å². The number of fused-ring (bicyclic) bond motifs is 1. The van der Waals surface area contributed by atoms with E-state index >= 15 is 0 Å². The molecule has 3 rings (SSSR count). The van der Waals surface area contributed by atoms with Crippen molar-refractivity contribution in [3.05, 3.63) is 17.7 Å². The van der Waals surface area contributed by atoms with Crippen molar-refractivity contribution in [2.24, 2.45) is 5.92 Å². The summed E-state index contributed by atoms with van der Waals surface area (Å²) in [5.74, 6) is 2.24. The summed E-state index contributed by atoms with van der Waals surface area (Å²) in [6.45, 7) is 1.73. The highest BCUT2D eigenvalue weighted by Gasteiger charge is 2.22. The molecule has 1 fully saturated rings. The fourth-order valence-corrected chi connectivity index (χ4v) is 2.44. The maximum Gasteiger partial charge on any atom is 0.251 e. The SMILES string of the molecule is COc1cc(C(=O)NCC2CCC2)cc2c1OCCO2. The van der Waals surface area contributed by atoms with Gasteiger partial charge in [-0.25, -0.2) is 0 Å². The Labute approximate surface area is 118 Å². The van der Waals surface area contributed by atoms with Gasteiger partial charge < -0.3 is 19.5 Å². The van der Waals surface area contributed by atoms with E-state index < -0.39 is 0 Å². The van der Waals surface area contributed by atoms with Gasteiger partial charge in [-0.3, -0.25) is 4.79 Å². The van der Waals surface area contributed by atoms with Crippen LogP contribution in [0.15, 0.2) is 12.1 Å². The Balaban J connectivity index is 1.76. The van der Waals surface area contributed by atoms with Gasteiger partial charge in [0, 0.05) is 12.1 Å². The smallest absolute Gasteiger partial charge is 0.251 e. The Morgan fingerprint density at radius 2 is 2.15 bits per heavy atom. The van der Waals surface area contributed by atoms with Crippen LogP contribution in [0.2, 0.25) is 0 Å². The van der Waals surface area contributed by atoms with Crippen LogP contribution in [0, 0.1) is 5.92 Å². The number of methoxy groups -OCH3 is 1. The van der Waals surface area contributed by atoms with Crippen LogP contribution in [0.25, 0.3) is 0 Å². The first kappa shape index (κ1) is 13.1. The van der Waals surface area contributed by atoms with E-state index in [2.05, 4.69) is 5.32 Å². The minimum atomic E-state index is -0.0906. The summed E-state index contributed by atoms with van der Waals surface area (Å²) in [5.41, 5.74) is 0.547. The number of hydrogen-bond acceptors (Lipinski definition) is 4. The van der Waals surface area contributed by atoms with Crippen molar-refractivity contribution in [2.45, 2.75) is 19.3 Å². The topological polar surface area (TPSA) is 56.8 Å². The molecule has 1 amide bonds. The van der Waals surface area contributed by atoms with Crippen molar-refractivity contribution in [2.75, 3.05) is 26.9 Å². The van der Waals surface area contributed by atoms with Gasteiger partial charge in [-0.2, -0.15) is 0 Å². The van der Waals surface area contributed by atoms with Crippen LogP contribution < -0.4 is 19.5 Å². The van der Waals surface area contributed by atoms with E-state index in [-0.39, 0.29) is 5.91 Å². The highest BCUT2D eigenvalue weighted by atomic mass is 16.6. The molecule has 5 heteroatoms. The molecule has 0 saturated heterocycles. The van der Waals surface area contributed by atoms with Gasteiger partial charge in [0.1, 0.15) is 13.2 Å². The summed E-state index contributed by atoms with van der Waals surface area (Å²) in [6.07, 6.45) is 3.70. The lowest BCUT2D eigenvalue weighted by Crippen LogP contribution is -2.32. The molecule has 1 N–H and O–H groups in total. The van der Waals surface area contributed by atoms with Crippen molar-refractivity contribution in [3.63, 3.8) is 0 Å². The summed E-state index contributed by atoms with van der Waals surface area (Å²) in [5, 5.41) is 2.97. The van der Waals surface area contributed by atoms with Crippen LogP contribution in [0.1, 0.15) is 29.6 Å². The maximum absolute atomic E-state index is 12.2. The fraction of sp³-hybridized carbons (Fsp3) is 0.533. The fourth-order valence-electron chi connectivity index (χ4n) is 2.44. The molecule has 1 heterocycles. The second kappa shape index (κ2) is 5.61. The first-order chi connectivity index (χ1) is 9.78. The van der Waals surface area contributed by atoms with Gasteiger partial charge in [-0.1, -0.05) is 6.42 Å². The third kappa shape index (κ3) is 2.53. The molecule has 0 radical (unpaired) electrons. The minimum Gasteiger partial charge on any atom is -0.493 e. The molecular formula is C15H19NO4. The molecule has 1 aromatic rings. The number of amides is 1. The third-order valence-corrected chi connectivity index (χ3v) is 3.87. The summed E-state index contributed by atoms with van der Waals surface area (Å²) < 4.78 is 16.3. The second-order valence-corrected chi connectivity index (χ2v) is 5.21. The van der Waals surface area contributed by atoms with Crippen LogP contribution in [-0.4, -0.2) is 32.8 Å². The highest BCUT2D eigenvalue weighted by Crippen LogP contribution is 2.40. The monoisotopic (exact) mass is 277 g/mol. The molecule has 2 aliphatic rings. The Morgan fingerprint density at radius 3 is 2.85 bits per heavy atom. The first-order valence-electron chi connectivity index (χ1n) is 7.04. The standard InChI is InChI=1S/C15H19NO4/c1-18-12-7-11(8-13-14(12)20-6-5-19-13)15(17)16-9-10-3-2-4-10/h7-8,10H,2-6,9H2,1H3,(H,16,17). The lowest BCUT2D eigenvalue weighted by molar-refractivity contribution is 0.0937. The van der Waals surface area contributed by atoms with Gasteiger partial charge in [0.25, 0.3) is 5.91 Å². The maximum atomic E-state index is 12.2. The number of ether oxygens (including phenoxy) is 3. The predicted octanol–water partition coefficient (Wildman–Crippen LogP) is 2.00. The molecule has 1 saturated carbocycles. The largest absolute Gasteiger partial charge is 0.493 e. The van der Waals surface area contributed by atoms with E-state index in [0.29, 0.717) is 41.9 Å². The van der Waals surface area contributed by atoms with E-state index in [4.69, 9.17) is 14.2 Å². The average Bonchev–Trinajstić information content (AvgIpc) is 2.44. The zero-order valence-corrected chi connectivity index (χ0v) is 11.6. The van der Waals surface area contributed by atoms with E-state index in [9.17, 15) is 4.79 Å². The number of benzene rings is 1. The van der Waals surface area contributed by atoms with Crippen LogP contribution in [0.3, 0.4) is 0 Å². The summed E-state index contributed by atoms with van der Waals surface area (Å²) in [4.78, 5) is 12.2. The number of carbonyl (C=O) groups excluding carboxylic acids is 1. The predicted molar refractivity (Wildman–Crippen MR) is 73.7 cm³/mol. The number of carbonyl (C=O) groups is 1. The Morgan fingerprint density at radius 1 is 1.35 bits per heavy atom. The van der Waals surface area contributed by atoms with Gasteiger partial charge >= 0.3 is 0 Å². The molecule has 0 bridgehead atoms. The molecule has 1 aliphatic heterocycles. The lowest BCUT2D eigenvalue weighted by Gasteiger charge is -2.25. The van der Waals surface area contributed by atoms with E-state index in [1.54, 1.807) is 19.2 Å². The molecule has 1 aliphatic carbocycles. The van der Waals surface area contributed by atoms with Crippen molar-refractivity contribution < 1.29 is 19.0 Å². The molecule has 1 aromatic carbocycles. The first-order valence-corrected chi connectivity index (χ1v) is 7.04. The van der Waals surface area contributed by atoms with Crippen molar-refractivity contribution in [1.82, 2.24) is 5.32 Å². The summed E-state index contributed by atoms with van der Waals surface area (Å²) in [7, 11) is 1.56. The molecule has 0 unspecified atom stereocenters. The van der Waals surface area contributed by atoms with Gasteiger partial charge in [0.2, 0.25) is 5.75 Å². The Bertz CT molecular complexity index is 494. The average molecular weight is 277 g/mol. The molecule has 20 heavy (non-hydrogen) atoms. The lowest BCUT2D eigenvalue weighted by atomic mass is 9.85. The van der Waals surface area contributed by atoms with Crippen molar-refractivity contribution >= 4 is 5.91 Å². The zero-order chi connectivity index (χ0) is 13.9. The molecular weight excluding hydrogens is 258 g/mol. The number of nitrogens with one attached hydrogen (secondary N) is 1. The number of hydrogen-bond donors (Lipinski definition) is 1. The molecule has 0 spiro atoms. The summed E-state index contributed by atoms with van der Waals surface area (Å²) in [6, 6.07) is 3.41. The molecule has 0 atom stereocenters. The molecule has 0 aromatic heterocycles. The Hall–Kier alpha value is -1.91. The Kier molecular flexibility index (Phi) is 3.67. The van der Waals surface area contributed by atoms with Crippen LogP contribution >= 0.6 is 0 Å². The zero-order valence-electron chi connectivity index (χ0n) is 11.6. The van der Waals surface area contributed by atoms with Gasteiger partial charge in [-0.05, 0) is 30.9 Å². The quantitative estimate of drug-likeness (QED) is 0.914. The molecule has 5 nitrogen and oxygen atoms in total. The van der Waals surface area contributed by atoms with E-state index in [1.807, 2.05) is 0 Å². The molecule has 108 valence electrons. The van der Waals surface area contributed by atoms with Gasteiger partial charge in [-0.15, -0.1) is 0 Å². The van der Waals surface area contributed by atoms with Gasteiger partial charge in [0.05, 0.1) is 7.11 Å². The number of rotatable bonds is 4. The van der Waals surface area contributed by atoms with E-state index in [0.717, 1.165) is 6.54 Å². The van der Waals surface area contributed by atoms with Crippen molar-refractivity contribution in [3.8, 4) is 17.2 Å².